The van der Waals surface area contributed by atoms with Gasteiger partial charge in [-0.15, -0.1) is 10.2 Å². The van der Waals surface area contributed by atoms with Crippen molar-refractivity contribution in [2.75, 3.05) is 20.4 Å². The van der Waals surface area contributed by atoms with E-state index in [-0.39, 0.29) is 31.2 Å². The first-order valence-corrected chi connectivity index (χ1v) is 13.6. The van der Waals surface area contributed by atoms with Crippen LogP contribution in [-0.2, 0) is 14.3 Å². The number of hydrogen-bond donors (Lipinski definition) is 0. The highest BCUT2D eigenvalue weighted by molar-refractivity contribution is 5.72. The molecule has 4 heterocycles. The lowest BCUT2D eigenvalue weighted by Gasteiger charge is -2.49. The Hall–Kier alpha value is -3.57. The molecule has 0 amide bonds. The molecule has 0 aliphatic carbocycles. The molecule has 4 atom stereocenters. The third-order valence-electron chi connectivity index (χ3n) is 7.18. The fourth-order valence-corrected chi connectivity index (χ4v) is 5.51. The number of carbonyl (C=O) groups excluding carboxylic acids is 1. The summed E-state index contributed by atoms with van der Waals surface area (Å²) in [5.74, 6) is 0.499. The molecule has 214 valence electrons. The monoisotopic (exact) mass is 553 g/mol. The van der Waals surface area contributed by atoms with Gasteiger partial charge in [-0.05, 0) is 51.8 Å². The topological polar surface area (TPSA) is 101 Å². The van der Waals surface area contributed by atoms with Gasteiger partial charge in [0.05, 0.1) is 24.3 Å². The van der Waals surface area contributed by atoms with Crippen molar-refractivity contribution in [3.05, 3.63) is 49.1 Å². The molecule has 2 saturated heterocycles. The van der Waals surface area contributed by atoms with E-state index in [0.29, 0.717) is 24.3 Å². The van der Waals surface area contributed by atoms with Crippen LogP contribution in [0.25, 0.3) is 16.9 Å². The van der Waals surface area contributed by atoms with Gasteiger partial charge in [-0.2, -0.15) is 0 Å². The zero-order chi connectivity index (χ0) is 28.3. The summed E-state index contributed by atoms with van der Waals surface area (Å²) in [6, 6.07) is 8.82. The number of imidazole rings is 1. The number of fused-ring (bicyclic) bond motifs is 2. The van der Waals surface area contributed by atoms with E-state index in [4.69, 9.17) is 18.9 Å². The number of hydrogen-bond acceptors (Lipinski definition) is 9. The summed E-state index contributed by atoms with van der Waals surface area (Å²) in [6.45, 7) is 5.66. The molecule has 3 aromatic rings. The van der Waals surface area contributed by atoms with Crippen LogP contribution in [0.1, 0.15) is 46.5 Å². The minimum Gasteiger partial charge on any atom is -0.470 e. The molecule has 1 aromatic carbocycles. The van der Waals surface area contributed by atoms with Crippen LogP contribution < -0.4 is 9.47 Å². The molecule has 11 heteroatoms. The summed E-state index contributed by atoms with van der Waals surface area (Å²) in [4.78, 5) is 18.5. The number of piperidine rings is 2. The van der Waals surface area contributed by atoms with E-state index < -0.39 is 23.9 Å². The number of alkyl halides is 1. The van der Waals surface area contributed by atoms with Gasteiger partial charge in [0, 0.05) is 55.7 Å². The molecule has 10 nitrogen and oxygen atoms in total. The number of halogens is 1. The second kappa shape index (κ2) is 11.9. The van der Waals surface area contributed by atoms with Gasteiger partial charge in [0.1, 0.15) is 17.5 Å². The van der Waals surface area contributed by atoms with Crippen molar-refractivity contribution in [1.29, 1.82) is 0 Å². The van der Waals surface area contributed by atoms with Crippen LogP contribution in [0.5, 0.6) is 11.6 Å². The average molecular weight is 554 g/mol. The van der Waals surface area contributed by atoms with Gasteiger partial charge in [0.15, 0.2) is 13.0 Å². The third-order valence-corrected chi connectivity index (χ3v) is 7.18. The Morgan fingerprint density at radius 2 is 2.00 bits per heavy atom. The molecule has 40 heavy (non-hydrogen) atoms. The number of nitrogens with zero attached hydrogens (tertiary/aromatic N) is 5. The molecule has 0 saturated carbocycles. The number of aromatic nitrogens is 4. The van der Waals surface area contributed by atoms with Crippen molar-refractivity contribution in [3.8, 4) is 28.6 Å². The highest BCUT2D eigenvalue weighted by Gasteiger charge is 2.47. The number of benzene rings is 1. The third kappa shape index (κ3) is 6.42. The highest BCUT2D eigenvalue weighted by Crippen LogP contribution is 2.38. The quantitative estimate of drug-likeness (QED) is 0.282. The van der Waals surface area contributed by atoms with E-state index in [1.807, 2.05) is 54.6 Å². The first-order chi connectivity index (χ1) is 19.2. The van der Waals surface area contributed by atoms with Gasteiger partial charge in [-0.1, -0.05) is 6.42 Å². The van der Waals surface area contributed by atoms with Crippen molar-refractivity contribution < 1.29 is 28.1 Å². The maximum absolute atomic E-state index is 15.7. The summed E-state index contributed by atoms with van der Waals surface area (Å²) in [6.07, 6.45) is 6.27. The van der Waals surface area contributed by atoms with Gasteiger partial charge in [-0.3, -0.25) is 9.69 Å². The number of methoxy groups -OCH3 is 1. The van der Waals surface area contributed by atoms with E-state index in [9.17, 15) is 4.79 Å². The molecule has 2 unspecified atom stereocenters. The summed E-state index contributed by atoms with van der Waals surface area (Å²) >= 11 is 0. The average Bonchev–Trinajstić information content (AvgIpc) is 3.45. The molecule has 0 N–H and O–H groups in total. The van der Waals surface area contributed by atoms with Crippen molar-refractivity contribution in [2.24, 2.45) is 0 Å². The van der Waals surface area contributed by atoms with Crippen LogP contribution in [0, 0.1) is 0 Å². The van der Waals surface area contributed by atoms with Crippen molar-refractivity contribution in [1.82, 2.24) is 24.6 Å². The number of rotatable bonds is 9. The van der Waals surface area contributed by atoms with E-state index in [1.54, 1.807) is 31.8 Å². The molecule has 5 rings (SSSR count). The smallest absolute Gasteiger partial charge is 0.320 e. The Morgan fingerprint density at radius 1 is 1.15 bits per heavy atom. The molecule has 2 aromatic heterocycles. The first-order valence-electron chi connectivity index (χ1n) is 13.6. The zero-order valence-corrected chi connectivity index (χ0v) is 23.3. The van der Waals surface area contributed by atoms with E-state index in [0.717, 1.165) is 24.1 Å². The molecular weight excluding hydrogens is 517 g/mol. The van der Waals surface area contributed by atoms with Crippen LogP contribution in [0.2, 0.25) is 0 Å². The van der Waals surface area contributed by atoms with Crippen molar-refractivity contribution >= 4 is 5.97 Å². The highest BCUT2D eigenvalue weighted by atomic mass is 19.1. The number of esters is 1. The Labute approximate surface area is 233 Å². The predicted octanol–water partition coefficient (Wildman–Crippen LogP) is 4.37. The van der Waals surface area contributed by atoms with Crippen LogP contribution in [-0.4, -0.2) is 81.0 Å². The lowest BCUT2D eigenvalue weighted by Crippen LogP contribution is -2.62. The zero-order valence-electron chi connectivity index (χ0n) is 23.3. The Balaban J connectivity index is 1.28. The first kappa shape index (κ1) is 28.0. The molecule has 2 aliphatic heterocycles. The van der Waals surface area contributed by atoms with Gasteiger partial charge in [0.2, 0.25) is 5.88 Å². The largest absolute Gasteiger partial charge is 0.470 e. The maximum atomic E-state index is 15.7. The van der Waals surface area contributed by atoms with Crippen LogP contribution in [0.15, 0.2) is 49.1 Å². The minimum atomic E-state index is -1.26. The van der Waals surface area contributed by atoms with E-state index in [2.05, 4.69) is 15.2 Å². The van der Waals surface area contributed by atoms with Crippen LogP contribution in [0.3, 0.4) is 0 Å². The number of ether oxygens (including phenoxy) is 4. The van der Waals surface area contributed by atoms with Crippen molar-refractivity contribution in [2.45, 2.75) is 76.4 Å². The van der Waals surface area contributed by atoms with Crippen LogP contribution in [0.4, 0.5) is 4.39 Å². The molecule has 0 radical (unpaired) electrons. The van der Waals surface area contributed by atoms with Crippen LogP contribution >= 0.6 is 0 Å². The maximum Gasteiger partial charge on any atom is 0.320 e. The summed E-state index contributed by atoms with van der Waals surface area (Å²) in [5, 5.41) is 8.60. The summed E-state index contributed by atoms with van der Waals surface area (Å²) in [7, 11) is 1.56. The predicted molar refractivity (Wildman–Crippen MR) is 145 cm³/mol. The molecule has 2 aliphatic rings. The fourth-order valence-electron chi connectivity index (χ4n) is 5.51. The normalized spacial score (nSPS) is 23.0. The molecular formula is C29H36FN5O5. The van der Waals surface area contributed by atoms with Crippen molar-refractivity contribution in [3.63, 3.8) is 0 Å². The summed E-state index contributed by atoms with van der Waals surface area (Å²) < 4.78 is 40.0. The lowest BCUT2D eigenvalue weighted by atomic mass is 9.81. The fraction of sp³-hybridized carbons (Fsp3) is 0.517. The second-order valence-electron chi connectivity index (χ2n) is 11.2. The number of carbonyl (C=O) groups is 1. The van der Waals surface area contributed by atoms with E-state index in [1.165, 1.54) is 0 Å². The van der Waals surface area contributed by atoms with Gasteiger partial charge < -0.3 is 23.5 Å². The lowest BCUT2D eigenvalue weighted by molar-refractivity contribution is -0.162. The summed E-state index contributed by atoms with van der Waals surface area (Å²) in [5.41, 5.74) is 1.61. The van der Waals surface area contributed by atoms with Gasteiger partial charge in [0.25, 0.3) is 0 Å². The standard InChI is InChI=1S/C29H36FN5O5/c1-29(2,3)40-27(36)16-35-20-6-5-7-23(35)28(30)25(15-20)39-26-11-10-22(32-33-26)21-9-8-19(34-13-12-31-17-34)14-24(21)38-18-37-4/h8-14,17,20,23,25,28H,5-7,15-16,18H2,1-4H3/t20?,23?,25-,28-/m1/s1. The Kier molecular flexibility index (Phi) is 8.32. The Morgan fingerprint density at radius 3 is 2.70 bits per heavy atom. The van der Waals surface area contributed by atoms with Gasteiger partial charge in [-0.25, -0.2) is 9.37 Å². The van der Waals surface area contributed by atoms with Gasteiger partial charge >= 0.3 is 5.97 Å². The van der Waals surface area contributed by atoms with E-state index >= 15 is 4.39 Å². The Bertz CT molecular complexity index is 1280. The molecule has 2 bridgehead atoms. The minimum absolute atomic E-state index is 0.0463. The molecule has 0 spiro atoms. The second-order valence-corrected chi connectivity index (χ2v) is 11.2. The molecule has 2 fully saturated rings. The SMILES string of the molecule is COCOc1cc(-n2ccnc2)ccc1-c1ccc(O[C@@H]2CC3CCCC([C@H]2F)N3CC(=O)OC(C)(C)C)nn1.